The number of hydrogen-bond acceptors (Lipinski definition) is 2. The summed E-state index contributed by atoms with van der Waals surface area (Å²) in [5, 5.41) is 2.39. The highest BCUT2D eigenvalue weighted by molar-refractivity contribution is 9.10. The molecule has 1 amide bonds. The van der Waals surface area contributed by atoms with Crippen molar-refractivity contribution in [2.24, 2.45) is 5.73 Å². The summed E-state index contributed by atoms with van der Waals surface area (Å²) in [6.07, 6.45) is 0. The normalized spacial score (nSPS) is 12.3. The Bertz CT molecular complexity index is 334. The topological polar surface area (TPSA) is 55.1 Å². The third kappa shape index (κ3) is 2.52. The van der Waals surface area contributed by atoms with Gasteiger partial charge in [0.25, 0.3) is 0 Å². The van der Waals surface area contributed by atoms with Crippen LogP contribution in [0, 0.1) is 5.82 Å². The van der Waals surface area contributed by atoms with Gasteiger partial charge in [0.1, 0.15) is 5.82 Å². The molecule has 0 aliphatic rings. The van der Waals surface area contributed by atoms with Gasteiger partial charge in [-0.3, -0.25) is 4.79 Å². The molecule has 0 saturated heterocycles. The Labute approximate surface area is 89.6 Å². The zero-order valence-corrected chi connectivity index (χ0v) is 9.14. The average Bonchev–Trinajstić information content (AvgIpc) is 2.11. The molecule has 3 nitrogen and oxygen atoms in total. The Kier molecular flexibility index (Phi) is 3.60. The van der Waals surface area contributed by atoms with Crippen LogP contribution in [0.3, 0.4) is 0 Å². The minimum atomic E-state index is -0.665. The van der Waals surface area contributed by atoms with Crippen LogP contribution >= 0.6 is 15.9 Å². The molecule has 0 aliphatic heterocycles. The molecular weight excluding hydrogens is 251 g/mol. The number of benzene rings is 1. The highest BCUT2D eigenvalue weighted by atomic mass is 79.9. The van der Waals surface area contributed by atoms with Crippen LogP contribution < -0.4 is 11.1 Å². The lowest BCUT2D eigenvalue weighted by atomic mass is 10.2. The van der Waals surface area contributed by atoms with Crippen molar-refractivity contribution in [1.29, 1.82) is 0 Å². The maximum Gasteiger partial charge on any atom is 0.241 e. The lowest BCUT2D eigenvalue weighted by Crippen LogP contribution is -2.32. The van der Waals surface area contributed by atoms with E-state index in [2.05, 4.69) is 21.2 Å². The molecular formula is C9H10BrFN2O. The second kappa shape index (κ2) is 4.52. The second-order valence-electron chi connectivity index (χ2n) is 2.87. The van der Waals surface area contributed by atoms with E-state index < -0.39 is 17.8 Å². The zero-order valence-electron chi connectivity index (χ0n) is 7.55. The number of nitrogens with two attached hydrogens (primary N) is 1. The van der Waals surface area contributed by atoms with Crippen LogP contribution in [0.15, 0.2) is 22.7 Å². The van der Waals surface area contributed by atoms with Crippen molar-refractivity contribution < 1.29 is 9.18 Å². The molecule has 0 saturated carbocycles. The standard InChI is InChI=1S/C9H10BrFN2O/c1-5(12)9(14)13-8-6(10)3-2-4-7(8)11/h2-5H,12H2,1H3,(H,13,14)/t5-/m1/s1. The summed E-state index contributed by atoms with van der Waals surface area (Å²) in [7, 11) is 0. The number of hydrogen-bond donors (Lipinski definition) is 2. The molecule has 1 rings (SSSR count). The summed E-state index contributed by atoms with van der Waals surface area (Å²) in [5.74, 6) is -0.913. The van der Waals surface area contributed by atoms with Crippen molar-refractivity contribution >= 4 is 27.5 Å². The van der Waals surface area contributed by atoms with Gasteiger partial charge in [-0.05, 0) is 35.0 Å². The molecule has 0 heterocycles. The summed E-state index contributed by atoms with van der Waals surface area (Å²) in [4.78, 5) is 11.2. The number of carbonyl (C=O) groups excluding carboxylic acids is 1. The first-order chi connectivity index (χ1) is 6.52. The van der Waals surface area contributed by atoms with Gasteiger partial charge in [-0.2, -0.15) is 0 Å². The van der Waals surface area contributed by atoms with E-state index in [4.69, 9.17) is 5.73 Å². The van der Waals surface area contributed by atoms with Crippen LogP contribution in [0.25, 0.3) is 0 Å². The SMILES string of the molecule is C[C@@H](N)C(=O)Nc1c(F)cccc1Br. The van der Waals surface area contributed by atoms with E-state index in [9.17, 15) is 9.18 Å². The molecule has 5 heteroatoms. The van der Waals surface area contributed by atoms with E-state index in [0.717, 1.165) is 0 Å². The number of rotatable bonds is 2. The second-order valence-corrected chi connectivity index (χ2v) is 3.73. The highest BCUT2D eigenvalue weighted by Crippen LogP contribution is 2.24. The molecule has 76 valence electrons. The van der Waals surface area contributed by atoms with Crippen LogP contribution in [-0.4, -0.2) is 11.9 Å². The Hall–Kier alpha value is -0.940. The number of nitrogens with one attached hydrogen (secondary N) is 1. The monoisotopic (exact) mass is 260 g/mol. The lowest BCUT2D eigenvalue weighted by Gasteiger charge is -2.09. The molecule has 3 N–H and O–H groups in total. The molecule has 0 aliphatic carbocycles. The van der Waals surface area contributed by atoms with Crippen molar-refractivity contribution in [3.63, 3.8) is 0 Å². The first-order valence-corrected chi connectivity index (χ1v) is 4.82. The number of para-hydroxylation sites is 1. The molecule has 0 radical (unpaired) electrons. The molecule has 0 spiro atoms. The van der Waals surface area contributed by atoms with Crippen LogP contribution in [-0.2, 0) is 4.79 Å². The predicted molar refractivity (Wildman–Crippen MR) is 56.4 cm³/mol. The van der Waals surface area contributed by atoms with E-state index in [0.29, 0.717) is 4.47 Å². The van der Waals surface area contributed by atoms with Gasteiger partial charge >= 0.3 is 0 Å². The Morgan fingerprint density at radius 2 is 2.29 bits per heavy atom. The quantitative estimate of drug-likeness (QED) is 0.853. The molecule has 0 bridgehead atoms. The van der Waals surface area contributed by atoms with Crippen LogP contribution in [0.4, 0.5) is 10.1 Å². The fraction of sp³-hybridized carbons (Fsp3) is 0.222. The smallest absolute Gasteiger partial charge is 0.241 e. The first kappa shape index (κ1) is 11.1. The van der Waals surface area contributed by atoms with Crippen LogP contribution in [0.2, 0.25) is 0 Å². The molecule has 1 atom stereocenters. The van der Waals surface area contributed by atoms with Gasteiger partial charge in [-0.15, -0.1) is 0 Å². The third-order valence-electron chi connectivity index (χ3n) is 1.62. The fourth-order valence-electron chi connectivity index (χ4n) is 0.854. The largest absolute Gasteiger partial charge is 0.321 e. The Morgan fingerprint density at radius 3 is 2.79 bits per heavy atom. The number of carbonyl (C=O) groups is 1. The van der Waals surface area contributed by atoms with Gasteiger partial charge in [0.05, 0.1) is 11.7 Å². The molecule has 1 aromatic rings. The summed E-state index contributed by atoms with van der Waals surface area (Å²) in [5.41, 5.74) is 5.45. The predicted octanol–water partition coefficient (Wildman–Crippen LogP) is 1.87. The fourth-order valence-corrected chi connectivity index (χ4v) is 1.30. The van der Waals surface area contributed by atoms with E-state index in [1.165, 1.54) is 13.0 Å². The van der Waals surface area contributed by atoms with Gasteiger partial charge in [0, 0.05) is 4.47 Å². The first-order valence-electron chi connectivity index (χ1n) is 4.03. The maximum absolute atomic E-state index is 13.2. The average molecular weight is 261 g/mol. The van der Waals surface area contributed by atoms with Gasteiger partial charge in [0.15, 0.2) is 0 Å². The molecule has 1 aromatic carbocycles. The summed E-state index contributed by atoms with van der Waals surface area (Å²) in [6, 6.07) is 3.78. The Morgan fingerprint density at radius 1 is 1.64 bits per heavy atom. The molecule has 0 fully saturated rings. The number of halogens is 2. The van der Waals surface area contributed by atoms with Crippen LogP contribution in [0.1, 0.15) is 6.92 Å². The highest BCUT2D eigenvalue weighted by Gasteiger charge is 2.12. The zero-order chi connectivity index (χ0) is 10.7. The van der Waals surface area contributed by atoms with Crippen molar-refractivity contribution in [3.05, 3.63) is 28.5 Å². The number of anilines is 1. The minimum absolute atomic E-state index is 0.120. The van der Waals surface area contributed by atoms with E-state index in [-0.39, 0.29) is 5.69 Å². The van der Waals surface area contributed by atoms with Gasteiger partial charge in [0.2, 0.25) is 5.91 Å². The van der Waals surface area contributed by atoms with Gasteiger partial charge < -0.3 is 11.1 Å². The number of amides is 1. The summed E-state index contributed by atoms with van der Waals surface area (Å²) >= 11 is 3.13. The summed E-state index contributed by atoms with van der Waals surface area (Å²) in [6.45, 7) is 1.53. The molecule has 0 aromatic heterocycles. The van der Waals surface area contributed by atoms with E-state index in [1.807, 2.05) is 0 Å². The molecule has 14 heavy (non-hydrogen) atoms. The van der Waals surface area contributed by atoms with Crippen molar-refractivity contribution in [1.82, 2.24) is 0 Å². The van der Waals surface area contributed by atoms with E-state index >= 15 is 0 Å². The summed E-state index contributed by atoms with van der Waals surface area (Å²) < 4.78 is 13.7. The van der Waals surface area contributed by atoms with Gasteiger partial charge in [-0.1, -0.05) is 6.07 Å². The third-order valence-corrected chi connectivity index (χ3v) is 2.29. The van der Waals surface area contributed by atoms with Crippen molar-refractivity contribution in [3.8, 4) is 0 Å². The van der Waals surface area contributed by atoms with Crippen molar-refractivity contribution in [2.75, 3.05) is 5.32 Å². The van der Waals surface area contributed by atoms with Crippen molar-refractivity contribution in [2.45, 2.75) is 13.0 Å². The molecule has 0 unspecified atom stereocenters. The van der Waals surface area contributed by atoms with Crippen LogP contribution in [0.5, 0.6) is 0 Å². The maximum atomic E-state index is 13.2. The van der Waals surface area contributed by atoms with Gasteiger partial charge in [-0.25, -0.2) is 4.39 Å². The van der Waals surface area contributed by atoms with E-state index in [1.54, 1.807) is 12.1 Å². The Balaban J connectivity index is 2.91. The lowest BCUT2D eigenvalue weighted by molar-refractivity contribution is -0.117. The minimum Gasteiger partial charge on any atom is -0.321 e.